The fraction of sp³-hybridized carbons (Fsp3) is 0.455. The molecule has 2 rings (SSSR count). The zero-order chi connectivity index (χ0) is 22.6. The number of carbonyl (C=O) groups is 3. The van der Waals surface area contributed by atoms with Crippen molar-refractivity contribution in [1.82, 2.24) is 15.1 Å². The molecule has 0 atom stereocenters. The summed E-state index contributed by atoms with van der Waals surface area (Å²) in [6, 6.07) is 7.51. The van der Waals surface area contributed by atoms with Crippen LogP contribution in [0.5, 0.6) is 0 Å². The molecule has 0 radical (unpaired) electrons. The third-order valence-electron chi connectivity index (χ3n) is 4.58. The largest absolute Gasteiger partial charge is 0.481 e. The minimum atomic E-state index is -0.895. The summed E-state index contributed by atoms with van der Waals surface area (Å²) in [7, 11) is 0. The quantitative estimate of drug-likeness (QED) is 0.446. The third-order valence-corrected chi connectivity index (χ3v) is 5.47. The highest BCUT2D eigenvalue weighted by atomic mass is 32.2. The third kappa shape index (κ3) is 8.92. The van der Waals surface area contributed by atoms with Gasteiger partial charge in [-0.25, -0.2) is 4.39 Å². The van der Waals surface area contributed by atoms with E-state index >= 15 is 0 Å². The highest BCUT2D eigenvalue weighted by Gasteiger charge is 2.16. The van der Waals surface area contributed by atoms with Crippen LogP contribution in [0.4, 0.5) is 4.39 Å². The van der Waals surface area contributed by atoms with Crippen molar-refractivity contribution < 1.29 is 23.9 Å². The molecule has 0 aliphatic carbocycles. The van der Waals surface area contributed by atoms with Crippen molar-refractivity contribution in [3.63, 3.8) is 0 Å². The fourth-order valence-electron chi connectivity index (χ4n) is 3.02. The summed E-state index contributed by atoms with van der Waals surface area (Å²) in [4.78, 5) is 34.2. The summed E-state index contributed by atoms with van der Waals surface area (Å²) in [6.07, 6.45) is 4.14. The number of amides is 1. The van der Waals surface area contributed by atoms with Gasteiger partial charge >= 0.3 is 5.97 Å². The normalized spacial score (nSPS) is 10.8. The van der Waals surface area contributed by atoms with E-state index in [1.165, 1.54) is 23.9 Å². The number of aryl methyl sites for hydroxylation is 1. The predicted octanol–water partition coefficient (Wildman–Crippen LogP) is 4.12. The van der Waals surface area contributed by atoms with Gasteiger partial charge in [0.15, 0.2) is 10.8 Å². The number of rotatable bonds is 13. The summed E-state index contributed by atoms with van der Waals surface area (Å²) in [5.41, 5.74) is 1.58. The van der Waals surface area contributed by atoms with Gasteiger partial charge < -0.3 is 10.4 Å². The topological polar surface area (TPSA) is 101 Å². The van der Waals surface area contributed by atoms with Crippen LogP contribution in [0.15, 0.2) is 30.3 Å². The van der Waals surface area contributed by atoms with E-state index in [4.69, 9.17) is 5.11 Å². The van der Waals surface area contributed by atoms with E-state index in [0.717, 1.165) is 31.4 Å². The number of benzene rings is 1. The molecule has 0 aliphatic heterocycles. The van der Waals surface area contributed by atoms with Crippen molar-refractivity contribution in [2.24, 2.45) is 0 Å². The van der Waals surface area contributed by atoms with Crippen molar-refractivity contribution in [2.45, 2.75) is 52.0 Å². The average Bonchev–Trinajstić information content (AvgIpc) is 3.14. The number of unbranched alkanes of at least 4 members (excludes halogenated alkanes) is 3. The molecule has 0 unspecified atom stereocenters. The number of halogens is 1. The number of hydrogen-bond donors (Lipinski definition) is 2. The molecule has 0 aliphatic rings. The summed E-state index contributed by atoms with van der Waals surface area (Å²) >= 11 is 1.33. The molecule has 1 aromatic heterocycles. The molecular weight excluding hydrogens is 421 g/mol. The van der Waals surface area contributed by atoms with Crippen molar-refractivity contribution in [1.29, 1.82) is 0 Å². The lowest BCUT2D eigenvalue weighted by Gasteiger charge is -2.06. The van der Waals surface area contributed by atoms with Crippen LogP contribution < -0.4 is 5.32 Å². The van der Waals surface area contributed by atoms with Gasteiger partial charge in [0.05, 0.1) is 5.69 Å². The van der Waals surface area contributed by atoms with E-state index in [0.29, 0.717) is 30.8 Å². The minimum Gasteiger partial charge on any atom is -0.481 e. The maximum atomic E-state index is 13.3. The Morgan fingerprint density at radius 3 is 2.48 bits per heavy atom. The molecule has 0 spiro atoms. The van der Waals surface area contributed by atoms with Gasteiger partial charge in [-0.2, -0.15) is 5.10 Å². The van der Waals surface area contributed by atoms with E-state index in [9.17, 15) is 18.8 Å². The number of aliphatic carboxylic acids is 1. The fourth-order valence-corrected chi connectivity index (χ4v) is 3.66. The predicted molar refractivity (Wildman–Crippen MR) is 118 cm³/mol. The first kappa shape index (κ1) is 24.6. The van der Waals surface area contributed by atoms with E-state index in [1.54, 1.807) is 29.8 Å². The Hall–Kier alpha value is -2.68. The van der Waals surface area contributed by atoms with Crippen molar-refractivity contribution in [3.05, 3.63) is 41.8 Å². The lowest BCUT2D eigenvalue weighted by molar-refractivity contribution is -0.137. The first-order valence-electron chi connectivity index (χ1n) is 10.3. The summed E-state index contributed by atoms with van der Waals surface area (Å²) in [6.45, 7) is 2.43. The first-order valence-corrected chi connectivity index (χ1v) is 11.3. The molecule has 0 fully saturated rings. The van der Waals surface area contributed by atoms with Gasteiger partial charge in [0.1, 0.15) is 5.82 Å². The Kier molecular flexibility index (Phi) is 10.2. The van der Waals surface area contributed by atoms with Gasteiger partial charge in [0.2, 0.25) is 0 Å². The molecular formula is C22H28FN3O4S. The maximum absolute atomic E-state index is 13.3. The van der Waals surface area contributed by atoms with E-state index in [1.807, 2.05) is 0 Å². The van der Waals surface area contributed by atoms with Gasteiger partial charge in [-0.1, -0.05) is 24.6 Å². The van der Waals surface area contributed by atoms with E-state index in [2.05, 4.69) is 10.4 Å². The molecule has 0 saturated heterocycles. The number of nitrogens with one attached hydrogen (secondary N) is 1. The molecule has 168 valence electrons. The second-order valence-corrected chi connectivity index (χ2v) is 8.42. The highest BCUT2D eigenvalue weighted by Crippen LogP contribution is 2.22. The Labute approximate surface area is 185 Å². The number of aromatic nitrogens is 2. The van der Waals surface area contributed by atoms with Crippen LogP contribution in [-0.2, 0) is 16.1 Å². The molecule has 2 N–H and O–H groups in total. The Bertz CT molecular complexity index is 883. The van der Waals surface area contributed by atoms with Crippen molar-refractivity contribution >= 4 is 28.8 Å². The number of carbonyl (C=O) groups excluding carboxylic acids is 2. The van der Waals surface area contributed by atoms with Crippen LogP contribution in [0.1, 0.15) is 55.9 Å². The number of thioether (sulfide) groups is 1. The molecule has 0 saturated carbocycles. The van der Waals surface area contributed by atoms with Gasteiger partial charge in [0, 0.05) is 37.8 Å². The van der Waals surface area contributed by atoms with Crippen LogP contribution >= 0.6 is 11.8 Å². The van der Waals surface area contributed by atoms with Gasteiger partial charge in [-0.15, -0.1) is 0 Å². The molecule has 9 heteroatoms. The number of hydrogen-bond acceptors (Lipinski definition) is 5. The average molecular weight is 450 g/mol. The standard InChI is InChI=1S/C22H28FN3O4S/c1-16(27)31-14-5-3-2-4-12-24-22(30)19-15-20(17-8-10-18(23)11-9-17)26(25-19)13-6-7-21(28)29/h8-11,15H,2-7,12-14H2,1H3,(H,24,30)(H,28,29). The minimum absolute atomic E-state index is 0.00479. The number of carboxylic acids is 1. The van der Waals surface area contributed by atoms with Crippen LogP contribution in [0.25, 0.3) is 11.3 Å². The SMILES string of the molecule is CC(=O)SCCCCCCNC(=O)c1cc(-c2ccc(F)cc2)n(CCCC(=O)O)n1. The lowest BCUT2D eigenvalue weighted by Crippen LogP contribution is -2.25. The molecule has 1 amide bonds. The lowest BCUT2D eigenvalue weighted by atomic mass is 10.1. The maximum Gasteiger partial charge on any atom is 0.303 e. The molecule has 1 aromatic carbocycles. The molecule has 31 heavy (non-hydrogen) atoms. The Morgan fingerprint density at radius 2 is 1.81 bits per heavy atom. The Morgan fingerprint density at radius 1 is 1.10 bits per heavy atom. The van der Waals surface area contributed by atoms with Crippen LogP contribution in [0, 0.1) is 5.82 Å². The second kappa shape index (κ2) is 12.9. The van der Waals surface area contributed by atoms with Crippen LogP contribution in [-0.4, -0.2) is 44.2 Å². The number of nitrogens with zero attached hydrogens (tertiary/aromatic N) is 2. The number of carboxylic acid groups (broad SMARTS) is 1. The monoisotopic (exact) mass is 449 g/mol. The zero-order valence-corrected chi connectivity index (χ0v) is 18.4. The van der Waals surface area contributed by atoms with E-state index in [-0.39, 0.29) is 29.0 Å². The van der Waals surface area contributed by atoms with Crippen LogP contribution in [0.3, 0.4) is 0 Å². The summed E-state index contributed by atoms with van der Waals surface area (Å²) in [5, 5.41) is 16.2. The van der Waals surface area contributed by atoms with Gasteiger partial charge in [0.25, 0.3) is 5.91 Å². The summed E-state index contributed by atoms with van der Waals surface area (Å²) in [5.74, 6) is -0.730. The zero-order valence-electron chi connectivity index (χ0n) is 17.6. The van der Waals surface area contributed by atoms with Crippen molar-refractivity contribution in [2.75, 3.05) is 12.3 Å². The molecule has 7 nitrogen and oxygen atoms in total. The van der Waals surface area contributed by atoms with Crippen molar-refractivity contribution in [3.8, 4) is 11.3 Å². The van der Waals surface area contributed by atoms with Crippen LogP contribution in [0.2, 0.25) is 0 Å². The Balaban J connectivity index is 1.91. The highest BCUT2D eigenvalue weighted by molar-refractivity contribution is 8.13. The molecule has 2 aromatic rings. The molecule has 1 heterocycles. The first-order chi connectivity index (χ1) is 14.9. The smallest absolute Gasteiger partial charge is 0.303 e. The molecule has 0 bridgehead atoms. The van der Waals surface area contributed by atoms with Gasteiger partial charge in [-0.3, -0.25) is 19.1 Å². The van der Waals surface area contributed by atoms with E-state index < -0.39 is 5.97 Å². The van der Waals surface area contributed by atoms with Gasteiger partial charge in [-0.05, 0) is 49.6 Å². The summed E-state index contributed by atoms with van der Waals surface area (Å²) < 4.78 is 14.9. The second-order valence-electron chi connectivity index (χ2n) is 7.15.